The summed E-state index contributed by atoms with van der Waals surface area (Å²) in [6, 6.07) is 9.53. The Morgan fingerprint density at radius 2 is 2.02 bits per heavy atom. The molecule has 3 N–H and O–H groups in total. The molecular weight excluding hydrogens is 634 g/mol. The van der Waals surface area contributed by atoms with Gasteiger partial charge in [0, 0.05) is 5.39 Å². The van der Waals surface area contributed by atoms with Gasteiger partial charge in [-0.15, -0.1) is 0 Å². The molecule has 47 heavy (non-hydrogen) atoms. The molecule has 14 nitrogen and oxygen atoms in total. The zero-order valence-corrected chi connectivity index (χ0v) is 27.0. The van der Waals surface area contributed by atoms with Crippen molar-refractivity contribution in [3.8, 4) is 17.4 Å². The quantitative estimate of drug-likeness (QED) is 0.172. The SMILES string of the molecule is CCOc1nc(N)nc2c1ncn2[C@@H]1O[C@H](COc2ccc3ccccc3c2O[P+]([O-])=N[C@@H](C)C(=O)OC2CCCC2)[C@@H](F)[C@@]1(C)O. The number of rotatable bonds is 11. The molecule has 2 fully saturated rings. The molecule has 6 atom stereocenters. The van der Waals surface area contributed by atoms with Crippen LogP contribution in [0.1, 0.15) is 52.7 Å². The maximum Gasteiger partial charge on any atom is 0.395 e. The molecule has 1 saturated carbocycles. The first-order valence-corrected chi connectivity index (χ1v) is 16.6. The first kappa shape index (κ1) is 32.8. The van der Waals surface area contributed by atoms with Gasteiger partial charge in [0.25, 0.3) is 0 Å². The van der Waals surface area contributed by atoms with Gasteiger partial charge in [0.2, 0.25) is 17.6 Å². The first-order chi connectivity index (χ1) is 22.6. The molecular formula is C31H36FN6O8P. The molecule has 6 rings (SSSR count). The van der Waals surface area contributed by atoms with Crippen LogP contribution in [0, 0.1) is 0 Å². The molecule has 2 aliphatic rings. The van der Waals surface area contributed by atoms with Gasteiger partial charge in [0.05, 0.1) is 12.9 Å². The van der Waals surface area contributed by atoms with Crippen LogP contribution in [-0.4, -0.2) is 73.8 Å². The number of halogens is 1. The molecule has 1 unspecified atom stereocenters. The van der Waals surface area contributed by atoms with Crippen molar-refractivity contribution in [2.45, 2.75) is 82.7 Å². The predicted molar refractivity (Wildman–Crippen MR) is 168 cm³/mol. The summed E-state index contributed by atoms with van der Waals surface area (Å²) in [5.41, 5.74) is 4.31. The van der Waals surface area contributed by atoms with Gasteiger partial charge in [-0.3, -0.25) is 9.09 Å². The number of esters is 1. The average Bonchev–Trinajstić information content (AvgIpc) is 3.76. The zero-order valence-electron chi connectivity index (χ0n) is 26.1. The van der Waals surface area contributed by atoms with Gasteiger partial charge in [0.15, 0.2) is 35.4 Å². The number of hydrogen-bond donors (Lipinski definition) is 2. The smallest absolute Gasteiger partial charge is 0.395 e. The summed E-state index contributed by atoms with van der Waals surface area (Å²) in [6.45, 7) is 4.53. The van der Waals surface area contributed by atoms with Gasteiger partial charge in [-0.05, 0) is 57.9 Å². The number of fused-ring (bicyclic) bond motifs is 2. The Balaban J connectivity index is 1.22. The lowest BCUT2D eigenvalue weighted by molar-refractivity contribution is -0.170. The van der Waals surface area contributed by atoms with E-state index in [1.165, 1.54) is 24.7 Å². The van der Waals surface area contributed by atoms with E-state index in [0.717, 1.165) is 31.1 Å². The van der Waals surface area contributed by atoms with Crippen molar-refractivity contribution in [3.05, 3.63) is 42.7 Å². The number of carbonyl (C=O) groups is 1. The van der Waals surface area contributed by atoms with Crippen molar-refractivity contribution in [2.24, 2.45) is 4.74 Å². The van der Waals surface area contributed by atoms with Crippen LogP contribution >= 0.6 is 8.17 Å². The fourth-order valence-electron chi connectivity index (χ4n) is 5.83. The molecule has 0 amide bonds. The van der Waals surface area contributed by atoms with Gasteiger partial charge in [-0.1, -0.05) is 35.1 Å². The second-order valence-electron chi connectivity index (χ2n) is 11.7. The number of benzene rings is 2. The minimum Gasteiger partial charge on any atom is -0.575 e. The van der Waals surface area contributed by atoms with Gasteiger partial charge >= 0.3 is 14.1 Å². The Morgan fingerprint density at radius 1 is 1.26 bits per heavy atom. The standard InChI is InChI=1S/C31H36FN6O8P/c1-4-42-27-23-26(35-30(33)36-27)38(16-34-23)29-31(3,40)25(32)22(45-29)15-43-21-14-13-18-9-5-8-12-20(18)24(21)46-47(41)37-17(2)28(39)44-19-10-6-7-11-19/h5,8-9,12-14,16-17,19,22,25,29,40H,4,6-7,10-11,15H2,1-3H3,(H2,33,35,36)/t17-,22+,25+,29+,31+/m0/s1. The minimum atomic E-state index is -2.73. The van der Waals surface area contributed by atoms with Crippen molar-refractivity contribution < 1.29 is 42.7 Å². The number of nitrogens with two attached hydrogens (primary N) is 1. The molecule has 0 bridgehead atoms. The van der Waals surface area contributed by atoms with Crippen LogP contribution in [0.15, 0.2) is 47.5 Å². The third-order valence-electron chi connectivity index (χ3n) is 8.24. The number of aliphatic hydroxyl groups is 1. The highest BCUT2D eigenvalue weighted by atomic mass is 31.1. The molecule has 1 aliphatic heterocycles. The Labute approximate surface area is 270 Å². The van der Waals surface area contributed by atoms with Gasteiger partial charge < -0.3 is 34.7 Å². The first-order valence-electron chi connectivity index (χ1n) is 15.4. The monoisotopic (exact) mass is 670 g/mol. The van der Waals surface area contributed by atoms with E-state index in [9.17, 15) is 14.8 Å². The van der Waals surface area contributed by atoms with Crippen LogP contribution in [0.25, 0.3) is 21.9 Å². The van der Waals surface area contributed by atoms with E-state index in [1.807, 2.05) is 12.1 Å². The lowest BCUT2D eigenvalue weighted by Crippen LogP contribution is -2.42. The van der Waals surface area contributed by atoms with Crippen LogP contribution in [-0.2, 0) is 14.3 Å². The number of imidazole rings is 1. The molecule has 3 heterocycles. The minimum absolute atomic E-state index is 0.0916. The predicted octanol–water partition coefficient (Wildman–Crippen LogP) is 4.13. The Hall–Kier alpha value is -4.17. The second-order valence-corrected chi connectivity index (χ2v) is 12.6. The Bertz CT molecular complexity index is 1800. The summed E-state index contributed by atoms with van der Waals surface area (Å²) in [5.74, 6) is -0.279. The van der Waals surface area contributed by atoms with E-state index in [4.69, 9.17) is 29.2 Å². The van der Waals surface area contributed by atoms with Crippen LogP contribution in [0.2, 0.25) is 0 Å². The summed E-state index contributed by atoms with van der Waals surface area (Å²) < 4.78 is 50.0. The summed E-state index contributed by atoms with van der Waals surface area (Å²) >= 11 is 0. The third-order valence-corrected chi connectivity index (χ3v) is 9.11. The lowest BCUT2D eigenvalue weighted by atomic mass is 9.98. The normalized spacial score (nSPS) is 24.1. The van der Waals surface area contributed by atoms with Crippen molar-refractivity contribution in [1.29, 1.82) is 0 Å². The van der Waals surface area contributed by atoms with Crippen molar-refractivity contribution in [1.82, 2.24) is 19.5 Å². The fourth-order valence-corrected chi connectivity index (χ4v) is 6.60. The summed E-state index contributed by atoms with van der Waals surface area (Å²) in [4.78, 5) is 38.2. The Morgan fingerprint density at radius 3 is 2.79 bits per heavy atom. The number of anilines is 1. The topological polar surface area (TPSA) is 188 Å². The molecule has 4 aromatic rings. The largest absolute Gasteiger partial charge is 0.575 e. The zero-order chi connectivity index (χ0) is 33.3. The summed E-state index contributed by atoms with van der Waals surface area (Å²) in [5, 5.41) is 12.6. The van der Waals surface area contributed by atoms with Crippen LogP contribution in [0.4, 0.5) is 10.3 Å². The third kappa shape index (κ3) is 6.66. The average molecular weight is 671 g/mol. The van der Waals surface area contributed by atoms with Gasteiger partial charge in [-0.25, -0.2) is 14.2 Å². The number of aromatic nitrogens is 4. The highest BCUT2D eigenvalue weighted by molar-refractivity contribution is 7.34. The van der Waals surface area contributed by atoms with E-state index >= 15 is 4.39 Å². The van der Waals surface area contributed by atoms with E-state index in [1.54, 1.807) is 31.2 Å². The molecule has 0 radical (unpaired) electrons. The van der Waals surface area contributed by atoms with Crippen LogP contribution < -0.4 is 24.6 Å². The van der Waals surface area contributed by atoms with Crippen molar-refractivity contribution in [2.75, 3.05) is 18.9 Å². The molecule has 0 spiro atoms. The molecule has 250 valence electrons. The molecule has 16 heteroatoms. The van der Waals surface area contributed by atoms with Crippen molar-refractivity contribution in [3.63, 3.8) is 0 Å². The number of ether oxygens (including phenoxy) is 4. The lowest BCUT2D eigenvalue weighted by Gasteiger charge is -2.26. The highest BCUT2D eigenvalue weighted by Gasteiger charge is 2.55. The molecule has 2 aromatic carbocycles. The Kier molecular flexibility index (Phi) is 9.42. The van der Waals surface area contributed by atoms with Crippen molar-refractivity contribution >= 4 is 42.0 Å². The second kappa shape index (κ2) is 13.5. The summed E-state index contributed by atoms with van der Waals surface area (Å²) in [6.07, 6.45) is 0.378. The van der Waals surface area contributed by atoms with E-state index in [-0.39, 0.29) is 47.2 Å². The number of nitrogens with zero attached hydrogens (tertiary/aromatic N) is 5. The maximum atomic E-state index is 15.8. The highest BCUT2D eigenvalue weighted by Crippen LogP contribution is 2.44. The van der Waals surface area contributed by atoms with Crippen LogP contribution in [0.5, 0.6) is 17.4 Å². The number of hydrogen-bond acceptors (Lipinski definition) is 13. The van der Waals surface area contributed by atoms with Gasteiger partial charge in [0.1, 0.15) is 24.4 Å². The molecule has 1 saturated heterocycles. The number of nitrogen functional groups attached to an aromatic ring is 1. The fraction of sp³-hybridized carbons (Fsp3) is 0.484. The van der Waals surface area contributed by atoms with Gasteiger partial charge in [-0.2, -0.15) is 9.97 Å². The summed E-state index contributed by atoms with van der Waals surface area (Å²) in [7, 11) is -2.73. The molecule has 2 aromatic heterocycles. The number of carbonyl (C=O) groups excluding carboxylic acids is 1. The van der Waals surface area contributed by atoms with E-state index in [0.29, 0.717) is 12.0 Å². The van der Waals surface area contributed by atoms with Crippen LogP contribution in [0.3, 0.4) is 0 Å². The van der Waals surface area contributed by atoms with E-state index < -0.39 is 44.3 Å². The maximum absolute atomic E-state index is 15.8. The molecule has 1 aliphatic carbocycles. The van der Waals surface area contributed by atoms with E-state index in [2.05, 4.69) is 19.7 Å². The number of alkyl halides is 1.